The summed E-state index contributed by atoms with van der Waals surface area (Å²) in [5.74, 6) is 1.35. The molecule has 2 aliphatic rings. The second-order valence-electron chi connectivity index (χ2n) is 6.07. The van der Waals surface area contributed by atoms with Crippen LogP contribution in [0.1, 0.15) is 22.3 Å². The van der Waals surface area contributed by atoms with Crippen LogP contribution in [-0.2, 0) is 13.0 Å². The van der Waals surface area contributed by atoms with Gasteiger partial charge in [0.25, 0.3) is 0 Å². The SMILES string of the molecule is COc1ccc2c(c1OC)CN1CCc3cc(O)c(O)cc3C1=C2. The van der Waals surface area contributed by atoms with Gasteiger partial charge >= 0.3 is 0 Å². The number of hydrogen-bond donors (Lipinski definition) is 2. The Morgan fingerprint density at radius 2 is 1.83 bits per heavy atom. The molecule has 2 aromatic carbocycles. The average Bonchev–Trinajstić information content (AvgIpc) is 2.60. The van der Waals surface area contributed by atoms with Crippen LogP contribution < -0.4 is 9.47 Å². The first kappa shape index (κ1) is 14.8. The third kappa shape index (κ3) is 2.08. The van der Waals surface area contributed by atoms with E-state index in [2.05, 4.69) is 11.0 Å². The Bertz CT molecular complexity index is 857. The highest BCUT2D eigenvalue weighted by Gasteiger charge is 2.28. The molecule has 24 heavy (non-hydrogen) atoms. The van der Waals surface area contributed by atoms with E-state index >= 15 is 0 Å². The molecule has 0 spiro atoms. The number of hydrogen-bond acceptors (Lipinski definition) is 5. The average molecular weight is 325 g/mol. The maximum absolute atomic E-state index is 9.88. The number of phenolic OH excluding ortho intramolecular Hbond substituents is 2. The first-order valence-corrected chi connectivity index (χ1v) is 7.88. The molecule has 0 atom stereocenters. The van der Waals surface area contributed by atoms with Crippen LogP contribution in [0.4, 0.5) is 0 Å². The maximum atomic E-state index is 9.88. The smallest absolute Gasteiger partial charge is 0.166 e. The molecule has 2 aliphatic heterocycles. The van der Waals surface area contributed by atoms with Crippen LogP contribution in [0, 0.1) is 0 Å². The molecule has 124 valence electrons. The largest absolute Gasteiger partial charge is 0.504 e. The van der Waals surface area contributed by atoms with Gasteiger partial charge in [0.15, 0.2) is 23.0 Å². The Morgan fingerprint density at radius 1 is 1.04 bits per heavy atom. The molecule has 0 aliphatic carbocycles. The van der Waals surface area contributed by atoms with Crippen LogP contribution in [0.5, 0.6) is 23.0 Å². The molecule has 0 amide bonds. The number of methoxy groups -OCH3 is 2. The van der Waals surface area contributed by atoms with E-state index in [0.717, 1.165) is 59.0 Å². The lowest BCUT2D eigenvalue weighted by Gasteiger charge is -2.37. The van der Waals surface area contributed by atoms with Gasteiger partial charge in [-0.1, -0.05) is 6.07 Å². The van der Waals surface area contributed by atoms with E-state index in [-0.39, 0.29) is 11.5 Å². The minimum absolute atomic E-state index is 0.0644. The standard InChI is InChI=1S/C19H19NO4/c1-23-18-4-3-11-7-15-13-9-17(22)16(21)8-12(13)5-6-20(15)10-14(11)19(18)24-2/h3-4,7-9,21-22H,5-6,10H2,1-2H3. The van der Waals surface area contributed by atoms with Crippen LogP contribution in [0.15, 0.2) is 24.3 Å². The van der Waals surface area contributed by atoms with Crippen molar-refractivity contribution in [1.29, 1.82) is 0 Å². The fourth-order valence-electron chi connectivity index (χ4n) is 3.59. The molecule has 2 heterocycles. The van der Waals surface area contributed by atoms with Gasteiger partial charge in [-0.25, -0.2) is 0 Å². The van der Waals surface area contributed by atoms with Crippen molar-refractivity contribution in [1.82, 2.24) is 4.90 Å². The van der Waals surface area contributed by atoms with Gasteiger partial charge in [0, 0.05) is 29.9 Å². The Kier molecular flexibility index (Phi) is 3.30. The fraction of sp³-hybridized carbons (Fsp3) is 0.263. The summed E-state index contributed by atoms with van der Waals surface area (Å²) >= 11 is 0. The van der Waals surface area contributed by atoms with Crippen LogP contribution in [0.3, 0.4) is 0 Å². The molecular weight excluding hydrogens is 306 g/mol. The molecule has 0 aromatic heterocycles. The molecule has 0 saturated carbocycles. The van der Waals surface area contributed by atoms with Gasteiger partial charge < -0.3 is 24.6 Å². The first-order chi connectivity index (χ1) is 11.6. The predicted octanol–water partition coefficient (Wildman–Crippen LogP) is 2.98. The van der Waals surface area contributed by atoms with Crippen molar-refractivity contribution in [3.8, 4) is 23.0 Å². The lowest BCUT2D eigenvalue weighted by atomic mass is 9.90. The van der Waals surface area contributed by atoms with Crippen LogP contribution in [0.25, 0.3) is 11.8 Å². The van der Waals surface area contributed by atoms with E-state index in [4.69, 9.17) is 9.47 Å². The second-order valence-corrected chi connectivity index (χ2v) is 6.07. The number of nitrogens with zero attached hydrogens (tertiary/aromatic N) is 1. The summed E-state index contributed by atoms with van der Waals surface area (Å²) in [7, 11) is 3.30. The molecule has 0 saturated heterocycles. The summed E-state index contributed by atoms with van der Waals surface area (Å²) in [5, 5.41) is 19.6. The third-order valence-corrected chi connectivity index (χ3v) is 4.79. The summed E-state index contributed by atoms with van der Waals surface area (Å²) in [5.41, 5.74) is 5.27. The second kappa shape index (κ2) is 5.37. The minimum atomic E-state index is -0.0883. The lowest BCUT2D eigenvalue weighted by molar-refractivity contribution is 0.334. The van der Waals surface area contributed by atoms with Crippen LogP contribution in [-0.4, -0.2) is 35.9 Å². The van der Waals surface area contributed by atoms with Crippen molar-refractivity contribution >= 4 is 11.8 Å². The molecule has 5 heteroatoms. The number of aromatic hydroxyl groups is 2. The zero-order valence-electron chi connectivity index (χ0n) is 13.7. The summed E-state index contributed by atoms with van der Waals surface area (Å²) in [4.78, 5) is 2.27. The Morgan fingerprint density at radius 3 is 2.58 bits per heavy atom. The van der Waals surface area contributed by atoms with Gasteiger partial charge in [-0.05, 0) is 41.8 Å². The van der Waals surface area contributed by atoms with E-state index in [0.29, 0.717) is 0 Å². The van der Waals surface area contributed by atoms with E-state index in [9.17, 15) is 10.2 Å². The third-order valence-electron chi connectivity index (χ3n) is 4.79. The molecular formula is C19H19NO4. The van der Waals surface area contributed by atoms with E-state index < -0.39 is 0 Å². The Labute approximate surface area is 140 Å². The van der Waals surface area contributed by atoms with E-state index in [1.165, 1.54) is 0 Å². The van der Waals surface area contributed by atoms with E-state index in [1.54, 1.807) is 26.4 Å². The Balaban J connectivity index is 1.88. The molecule has 0 radical (unpaired) electrons. The van der Waals surface area contributed by atoms with Crippen LogP contribution in [0.2, 0.25) is 0 Å². The molecule has 5 nitrogen and oxygen atoms in total. The predicted molar refractivity (Wildman–Crippen MR) is 91.3 cm³/mol. The quantitative estimate of drug-likeness (QED) is 0.831. The van der Waals surface area contributed by atoms with Crippen LogP contribution >= 0.6 is 0 Å². The number of phenols is 2. The van der Waals surface area contributed by atoms with Gasteiger partial charge in [-0.3, -0.25) is 0 Å². The molecule has 0 fully saturated rings. The van der Waals surface area contributed by atoms with Gasteiger partial charge in [0.2, 0.25) is 0 Å². The molecule has 4 rings (SSSR count). The number of fused-ring (bicyclic) bond motifs is 4. The van der Waals surface area contributed by atoms with Crippen molar-refractivity contribution in [3.05, 3.63) is 46.5 Å². The monoisotopic (exact) mass is 325 g/mol. The first-order valence-electron chi connectivity index (χ1n) is 7.88. The van der Waals surface area contributed by atoms with Crippen molar-refractivity contribution in [2.24, 2.45) is 0 Å². The zero-order chi connectivity index (χ0) is 16.8. The van der Waals surface area contributed by atoms with Crippen molar-refractivity contribution in [2.45, 2.75) is 13.0 Å². The van der Waals surface area contributed by atoms with Crippen molar-refractivity contribution in [2.75, 3.05) is 20.8 Å². The molecule has 0 unspecified atom stereocenters. The van der Waals surface area contributed by atoms with Crippen molar-refractivity contribution < 1.29 is 19.7 Å². The highest BCUT2D eigenvalue weighted by Crippen LogP contribution is 2.44. The highest BCUT2D eigenvalue weighted by molar-refractivity contribution is 5.87. The number of benzene rings is 2. The summed E-state index contributed by atoms with van der Waals surface area (Å²) in [6.07, 6.45) is 2.93. The topological polar surface area (TPSA) is 62.2 Å². The van der Waals surface area contributed by atoms with E-state index in [1.807, 2.05) is 12.1 Å². The Hall–Kier alpha value is -2.82. The van der Waals surface area contributed by atoms with Gasteiger partial charge in [0.1, 0.15) is 0 Å². The zero-order valence-corrected chi connectivity index (χ0v) is 13.7. The van der Waals surface area contributed by atoms with Gasteiger partial charge in [0.05, 0.1) is 14.2 Å². The molecule has 2 aromatic rings. The molecule has 2 N–H and O–H groups in total. The maximum Gasteiger partial charge on any atom is 0.166 e. The number of ether oxygens (including phenoxy) is 2. The molecule has 0 bridgehead atoms. The van der Waals surface area contributed by atoms with Gasteiger partial charge in [-0.2, -0.15) is 0 Å². The summed E-state index contributed by atoms with van der Waals surface area (Å²) < 4.78 is 11.0. The fourth-order valence-corrected chi connectivity index (χ4v) is 3.59. The normalized spacial score (nSPS) is 15.1. The summed E-state index contributed by atoms with van der Waals surface area (Å²) in [6.45, 7) is 1.57. The van der Waals surface area contributed by atoms with Gasteiger partial charge in [-0.15, -0.1) is 0 Å². The summed E-state index contributed by atoms with van der Waals surface area (Å²) in [6, 6.07) is 7.24. The lowest BCUT2D eigenvalue weighted by Crippen LogP contribution is -2.31. The minimum Gasteiger partial charge on any atom is -0.504 e. The van der Waals surface area contributed by atoms with Crippen molar-refractivity contribution in [3.63, 3.8) is 0 Å². The number of rotatable bonds is 2. The highest BCUT2D eigenvalue weighted by atomic mass is 16.5.